The van der Waals surface area contributed by atoms with Crippen molar-refractivity contribution in [3.63, 3.8) is 0 Å². The van der Waals surface area contributed by atoms with Crippen molar-refractivity contribution in [3.8, 4) is 17.2 Å². The van der Waals surface area contributed by atoms with Crippen LogP contribution in [0.3, 0.4) is 0 Å². The van der Waals surface area contributed by atoms with Gasteiger partial charge in [0, 0.05) is 24.7 Å². The van der Waals surface area contributed by atoms with Crippen molar-refractivity contribution in [2.75, 3.05) is 13.1 Å². The summed E-state index contributed by atoms with van der Waals surface area (Å²) >= 11 is 0. The third-order valence-corrected chi connectivity index (χ3v) is 5.18. The van der Waals surface area contributed by atoms with Crippen LogP contribution in [0.4, 0.5) is 4.79 Å². The second kappa shape index (κ2) is 8.06. The molecule has 2 aromatic rings. The summed E-state index contributed by atoms with van der Waals surface area (Å²) in [5, 5.41) is 0. The van der Waals surface area contributed by atoms with E-state index in [0.29, 0.717) is 30.2 Å². The summed E-state index contributed by atoms with van der Waals surface area (Å²) in [6, 6.07) is 12.5. The van der Waals surface area contributed by atoms with Gasteiger partial charge in [0.15, 0.2) is 5.76 Å². The normalized spacial score (nSPS) is 18.1. The number of allylic oxidation sites excluding steroid dienone is 1. The summed E-state index contributed by atoms with van der Waals surface area (Å²) in [5.41, 5.74) is 2.24. The van der Waals surface area contributed by atoms with Crippen LogP contribution in [-0.2, 0) is 0 Å². The third-order valence-electron chi connectivity index (χ3n) is 5.18. The van der Waals surface area contributed by atoms with Crippen molar-refractivity contribution >= 4 is 18.0 Å². The molecule has 0 bridgehead atoms. The molecule has 30 heavy (non-hydrogen) atoms. The Morgan fingerprint density at radius 3 is 2.67 bits per heavy atom. The highest BCUT2D eigenvalue weighted by Gasteiger charge is 2.29. The van der Waals surface area contributed by atoms with Crippen LogP contribution in [0.25, 0.3) is 6.08 Å². The number of amides is 1. The van der Waals surface area contributed by atoms with Crippen LogP contribution in [0.1, 0.15) is 36.7 Å². The van der Waals surface area contributed by atoms with Gasteiger partial charge in [-0.2, -0.15) is 0 Å². The zero-order valence-corrected chi connectivity index (χ0v) is 17.2. The molecule has 1 atom stereocenters. The average Bonchev–Trinajstić information content (AvgIpc) is 3.04. The third kappa shape index (κ3) is 3.68. The Kier molecular flexibility index (Phi) is 5.31. The Morgan fingerprint density at radius 2 is 1.90 bits per heavy atom. The zero-order valence-electron chi connectivity index (χ0n) is 17.2. The van der Waals surface area contributed by atoms with E-state index < -0.39 is 6.09 Å². The standard InChI is InChI=1S/C24H23NO5/c1-4-25(5-2)24(27)29-18-10-11-19-21(14-18)30-22(23(19)26)13-17-12-16-8-6-7-9-20(16)28-15(17)3/h6-15H,4-5H2,1-3H3. The van der Waals surface area contributed by atoms with Crippen LogP contribution in [0.5, 0.6) is 17.2 Å². The minimum absolute atomic E-state index is 0.210. The number of para-hydroxylation sites is 1. The molecule has 0 radical (unpaired) electrons. The zero-order chi connectivity index (χ0) is 21.3. The molecule has 0 saturated heterocycles. The van der Waals surface area contributed by atoms with Gasteiger partial charge >= 0.3 is 6.09 Å². The Labute approximate surface area is 175 Å². The van der Waals surface area contributed by atoms with E-state index in [9.17, 15) is 9.59 Å². The molecule has 0 aromatic heterocycles. The van der Waals surface area contributed by atoms with Crippen LogP contribution in [-0.4, -0.2) is 36.0 Å². The van der Waals surface area contributed by atoms with E-state index in [1.54, 1.807) is 29.2 Å². The van der Waals surface area contributed by atoms with Crippen molar-refractivity contribution in [3.05, 3.63) is 71.0 Å². The Bertz CT molecular complexity index is 1070. The molecule has 2 aromatic carbocycles. The lowest BCUT2D eigenvalue weighted by molar-refractivity contribution is 0.101. The van der Waals surface area contributed by atoms with Crippen LogP contribution in [0.15, 0.2) is 59.9 Å². The molecule has 1 amide bonds. The van der Waals surface area contributed by atoms with Crippen LogP contribution in [0.2, 0.25) is 0 Å². The fourth-order valence-corrected chi connectivity index (χ4v) is 3.45. The van der Waals surface area contributed by atoms with Crippen molar-refractivity contribution in [1.82, 2.24) is 4.90 Å². The molecule has 0 spiro atoms. The van der Waals surface area contributed by atoms with E-state index in [1.807, 2.05) is 51.1 Å². The number of carbonyl (C=O) groups is 2. The first kappa shape index (κ1) is 19.8. The maximum absolute atomic E-state index is 12.8. The number of ketones is 1. The van der Waals surface area contributed by atoms with Crippen molar-refractivity contribution in [2.45, 2.75) is 26.9 Å². The highest BCUT2D eigenvalue weighted by atomic mass is 16.6. The van der Waals surface area contributed by atoms with Crippen molar-refractivity contribution in [1.29, 1.82) is 0 Å². The lowest BCUT2D eigenvalue weighted by atomic mass is 10.0. The van der Waals surface area contributed by atoms with Gasteiger partial charge in [-0.1, -0.05) is 18.2 Å². The molecule has 0 N–H and O–H groups in total. The number of hydrogen-bond donors (Lipinski definition) is 0. The molecule has 1 unspecified atom stereocenters. The van der Waals surface area contributed by atoms with Gasteiger partial charge in [-0.15, -0.1) is 0 Å². The number of carbonyl (C=O) groups excluding carboxylic acids is 2. The van der Waals surface area contributed by atoms with Gasteiger partial charge in [-0.05, 0) is 56.7 Å². The first-order valence-corrected chi connectivity index (χ1v) is 10.0. The quantitative estimate of drug-likeness (QED) is 0.681. The van der Waals surface area contributed by atoms with Crippen molar-refractivity contribution < 1.29 is 23.8 Å². The van der Waals surface area contributed by atoms with Gasteiger partial charge in [0.1, 0.15) is 23.4 Å². The molecular weight excluding hydrogens is 382 g/mol. The minimum Gasteiger partial charge on any atom is -0.485 e. The van der Waals surface area contributed by atoms with E-state index in [0.717, 1.165) is 16.9 Å². The first-order valence-electron chi connectivity index (χ1n) is 10.0. The monoisotopic (exact) mass is 405 g/mol. The molecular formula is C24H23NO5. The molecule has 6 heteroatoms. The number of fused-ring (bicyclic) bond motifs is 2. The molecule has 6 nitrogen and oxygen atoms in total. The predicted octanol–water partition coefficient (Wildman–Crippen LogP) is 4.85. The van der Waals surface area contributed by atoms with Crippen LogP contribution >= 0.6 is 0 Å². The summed E-state index contributed by atoms with van der Waals surface area (Å²) in [5.74, 6) is 1.54. The molecule has 2 aliphatic rings. The van der Waals surface area contributed by atoms with E-state index in [2.05, 4.69) is 0 Å². The average molecular weight is 405 g/mol. The second-order valence-electron chi connectivity index (χ2n) is 7.08. The maximum Gasteiger partial charge on any atom is 0.415 e. The molecule has 2 aliphatic heterocycles. The maximum atomic E-state index is 12.8. The number of rotatable bonds is 4. The number of Topliss-reactive ketones (excluding diaryl/α,β-unsaturated/α-hetero) is 1. The van der Waals surface area contributed by atoms with Crippen LogP contribution < -0.4 is 14.2 Å². The summed E-state index contributed by atoms with van der Waals surface area (Å²) in [6.07, 6.45) is 3.06. The van der Waals surface area contributed by atoms with Crippen LogP contribution in [0, 0.1) is 0 Å². The summed E-state index contributed by atoms with van der Waals surface area (Å²) in [4.78, 5) is 26.5. The Morgan fingerprint density at radius 1 is 1.13 bits per heavy atom. The van der Waals surface area contributed by atoms with E-state index >= 15 is 0 Å². The Hall–Kier alpha value is -3.54. The smallest absolute Gasteiger partial charge is 0.415 e. The van der Waals surface area contributed by atoms with Gasteiger partial charge in [0.2, 0.25) is 5.78 Å². The number of nitrogens with zero attached hydrogens (tertiary/aromatic N) is 1. The SMILES string of the molecule is CCN(CC)C(=O)Oc1ccc2c(c1)OC(=CC1=Cc3ccccc3OC1C)C2=O. The number of ether oxygens (including phenoxy) is 3. The second-order valence-corrected chi connectivity index (χ2v) is 7.08. The molecule has 0 fully saturated rings. The number of hydrogen-bond acceptors (Lipinski definition) is 5. The topological polar surface area (TPSA) is 65.1 Å². The van der Waals surface area contributed by atoms with Gasteiger partial charge in [0.25, 0.3) is 0 Å². The minimum atomic E-state index is -0.433. The lowest BCUT2D eigenvalue weighted by Gasteiger charge is -2.22. The number of benzene rings is 2. The molecule has 0 saturated carbocycles. The highest BCUT2D eigenvalue weighted by Crippen LogP contribution is 2.36. The van der Waals surface area contributed by atoms with Gasteiger partial charge in [-0.3, -0.25) is 4.79 Å². The summed E-state index contributed by atoms with van der Waals surface area (Å²) < 4.78 is 17.1. The molecule has 154 valence electrons. The first-order chi connectivity index (χ1) is 14.5. The Balaban J connectivity index is 1.57. The summed E-state index contributed by atoms with van der Waals surface area (Å²) in [6.45, 7) is 6.81. The summed E-state index contributed by atoms with van der Waals surface area (Å²) in [7, 11) is 0. The molecule has 2 heterocycles. The lowest BCUT2D eigenvalue weighted by Crippen LogP contribution is -2.33. The van der Waals surface area contributed by atoms with Gasteiger partial charge in [-0.25, -0.2) is 4.79 Å². The predicted molar refractivity (Wildman–Crippen MR) is 113 cm³/mol. The van der Waals surface area contributed by atoms with Gasteiger partial charge in [0.05, 0.1) is 5.56 Å². The molecule has 0 aliphatic carbocycles. The van der Waals surface area contributed by atoms with E-state index in [4.69, 9.17) is 14.2 Å². The fraction of sp³-hybridized carbons (Fsp3) is 0.250. The van der Waals surface area contributed by atoms with Crippen molar-refractivity contribution in [2.24, 2.45) is 0 Å². The van der Waals surface area contributed by atoms with E-state index in [-0.39, 0.29) is 17.6 Å². The van der Waals surface area contributed by atoms with E-state index in [1.165, 1.54) is 0 Å². The fourth-order valence-electron chi connectivity index (χ4n) is 3.45. The largest absolute Gasteiger partial charge is 0.485 e. The molecule has 4 rings (SSSR count). The van der Waals surface area contributed by atoms with Gasteiger partial charge < -0.3 is 19.1 Å². The highest BCUT2D eigenvalue weighted by molar-refractivity contribution is 6.12.